The standard InChI is InChI=1S/C14H15NO3S2/c1-3-18-8-10-6-9(4-5-11(10)17-2)7-12-13(16)15-14(19)20-12/h4-7H,3,8H2,1-2H3,(H,15,16,19)/b12-7+. The van der Waals surface area contributed by atoms with Crippen LogP contribution in [0.2, 0.25) is 0 Å². The van der Waals surface area contributed by atoms with Gasteiger partial charge < -0.3 is 14.8 Å². The molecule has 1 N–H and O–H groups in total. The van der Waals surface area contributed by atoms with Gasteiger partial charge in [-0.15, -0.1) is 0 Å². The van der Waals surface area contributed by atoms with E-state index in [4.69, 9.17) is 21.7 Å². The molecule has 0 saturated carbocycles. The van der Waals surface area contributed by atoms with Crippen LogP contribution in [0.3, 0.4) is 0 Å². The lowest BCUT2D eigenvalue weighted by atomic mass is 10.1. The largest absolute Gasteiger partial charge is 0.496 e. The first-order chi connectivity index (χ1) is 9.63. The molecule has 0 atom stereocenters. The van der Waals surface area contributed by atoms with Crippen molar-refractivity contribution in [2.75, 3.05) is 13.7 Å². The summed E-state index contributed by atoms with van der Waals surface area (Å²) in [5.74, 6) is 0.627. The number of thiocarbonyl (C=S) groups is 1. The van der Waals surface area contributed by atoms with Gasteiger partial charge in [0, 0.05) is 12.2 Å². The number of benzene rings is 1. The van der Waals surface area contributed by atoms with Crippen molar-refractivity contribution >= 4 is 40.3 Å². The van der Waals surface area contributed by atoms with Gasteiger partial charge in [-0.3, -0.25) is 4.79 Å². The number of hydrogen-bond acceptors (Lipinski definition) is 5. The average molecular weight is 309 g/mol. The minimum absolute atomic E-state index is 0.151. The van der Waals surface area contributed by atoms with Crippen molar-refractivity contribution in [3.8, 4) is 5.75 Å². The van der Waals surface area contributed by atoms with Gasteiger partial charge >= 0.3 is 0 Å². The Kier molecular flexibility index (Phi) is 5.17. The third kappa shape index (κ3) is 3.59. The van der Waals surface area contributed by atoms with Gasteiger partial charge in [-0.1, -0.05) is 30.0 Å². The second-order valence-corrected chi connectivity index (χ2v) is 5.78. The SMILES string of the molecule is CCOCc1cc(/C=C2/SC(=S)NC2=O)ccc1OC. The molecule has 1 aliphatic heterocycles. The van der Waals surface area contributed by atoms with Crippen molar-refractivity contribution in [1.29, 1.82) is 0 Å². The summed E-state index contributed by atoms with van der Waals surface area (Å²) in [7, 11) is 1.63. The van der Waals surface area contributed by atoms with Gasteiger partial charge in [0.1, 0.15) is 10.1 Å². The predicted octanol–water partition coefficient (Wildman–Crippen LogP) is 2.72. The maximum absolute atomic E-state index is 11.6. The van der Waals surface area contributed by atoms with E-state index < -0.39 is 0 Å². The molecule has 4 nitrogen and oxygen atoms in total. The molecule has 1 aromatic carbocycles. The quantitative estimate of drug-likeness (QED) is 0.669. The monoisotopic (exact) mass is 309 g/mol. The lowest BCUT2D eigenvalue weighted by molar-refractivity contribution is -0.115. The molecule has 6 heteroatoms. The van der Waals surface area contributed by atoms with E-state index in [1.807, 2.05) is 31.2 Å². The first-order valence-electron chi connectivity index (χ1n) is 6.13. The molecule has 1 aliphatic rings. The summed E-state index contributed by atoms with van der Waals surface area (Å²) in [5, 5.41) is 2.60. The van der Waals surface area contributed by atoms with E-state index in [2.05, 4.69) is 5.32 Å². The maximum Gasteiger partial charge on any atom is 0.263 e. The van der Waals surface area contributed by atoms with Gasteiger partial charge in [0.15, 0.2) is 0 Å². The molecule has 1 saturated heterocycles. The molecule has 0 unspecified atom stereocenters. The van der Waals surface area contributed by atoms with Gasteiger partial charge in [0.25, 0.3) is 5.91 Å². The van der Waals surface area contributed by atoms with Gasteiger partial charge in [-0.05, 0) is 30.7 Å². The van der Waals surface area contributed by atoms with Crippen LogP contribution in [0.15, 0.2) is 23.1 Å². The van der Waals surface area contributed by atoms with E-state index in [0.717, 1.165) is 16.9 Å². The van der Waals surface area contributed by atoms with Crippen LogP contribution < -0.4 is 10.1 Å². The first kappa shape index (κ1) is 15.0. The average Bonchev–Trinajstić information content (AvgIpc) is 2.75. The van der Waals surface area contributed by atoms with E-state index in [9.17, 15) is 4.79 Å². The normalized spacial score (nSPS) is 16.6. The van der Waals surface area contributed by atoms with Crippen molar-refractivity contribution in [3.63, 3.8) is 0 Å². The zero-order chi connectivity index (χ0) is 14.5. The molecule has 2 rings (SSSR count). The second kappa shape index (κ2) is 6.88. The number of hydrogen-bond donors (Lipinski definition) is 1. The number of thioether (sulfide) groups is 1. The summed E-state index contributed by atoms with van der Waals surface area (Å²) in [6.45, 7) is 3.06. The number of nitrogens with one attached hydrogen (secondary N) is 1. The summed E-state index contributed by atoms with van der Waals surface area (Å²) in [4.78, 5) is 12.2. The fourth-order valence-electron chi connectivity index (χ4n) is 1.79. The van der Waals surface area contributed by atoms with Gasteiger partial charge in [-0.25, -0.2) is 0 Å². The molecule has 20 heavy (non-hydrogen) atoms. The number of carbonyl (C=O) groups excluding carboxylic acids is 1. The van der Waals surface area contributed by atoms with Crippen LogP contribution in [-0.4, -0.2) is 23.9 Å². The van der Waals surface area contributed by atoms with E-state index >= 15 is 0 Å². The second-order valence-electron chi connectivity index (χ2n) is 4.06. The van der Waals surface area contributed by atoms with Crippen LogP contribution in [-0.2, 0) is 16.1 Å². The topological polar surface area (TPSA) is 47.6 Å². The van der Waals surface area contributed by atoms with Crippen LogP contribution in [0.5, 0.6) is 5.75 Å². The lowest BCUT2D eigenvalue weighted by Crippen LogP contribution is -2.17. The Morgan fingerprint density at radius 2 is 2.25 bits per heavy atom. The summed E-state index contributed by atoms with van der Waals surface area (Å²) < 4.78 is 11.2. The summed E-state index contributed by atoms with van der Waals surface area (Å²) in [6, 6.07) is 5.73. The van der Waals surface area contributed by atoms with E-state index in [-0.39, 0.29) is 5.91 Å². The third-order valence-electron chi connectivity index (χ3n) is 2.71. The van der Waals surface area contributed by atoms with Crippen molar-refractivity contribution < 1.29 is 14.3 Å². The number of carbonyl (C=O) groups is 1. The Hall–Kier alpha value is -1.37. The molecule has 0 aromatic heterocycles. The van der Waals surface area contributed by atoms with Crippen molar-refractivity contribution in [2.45, 2.75) is 13.5 Å². The number of methoxy groups -OCH3 is 1. The van der Waals surface area contributed by atoms with Crippen LogP contribution >= 0.6 is 24.0 Å². The highest BCUT2D eigenvalue weighted by molar-refractivity contribution is 8.26. The number of rotatable bonds is 5. The molecule has 1 aromatic rings. The molecule has 0 aliphatic carbocycles. The maximum atomic E-state index is 11.6. The summed E-state index contributed by atoms with van der Waals surface area (Å²) in [6.07, 6.45) is 1.81. The van der Waals surface area contributed by atoms with Gasteiger partial charge in [0.2, 0.25) is 0 Å². The highest BCUT2D eigenvalue weighted by atomic mass is 32.2. The molecule has 1 amide bonds. The van der Waals surface area contributed by atoms with Crippen LogP contribution in [0.4, 0.5) is 0 Å². The number of amides is 1. The molecule has 0 radical (unpaired) electrons. The fraction of sp³-hybridized carbons (Fsp3) is 0.286. The zero-order valence-corrected chi connectivity index (χ0v) is 12.9. The Morgan fingerprint density at radius 3 is 2.85 bits per heavy atom. The molecule has 0 spiro atoms. The molecule has 106 valence electrons. The van der Waals surface area contributed by atoms with E-state index in [1.165, 1.54) is 11.8 Å². The molecule has 0 bridgehead atoms. The molecule has 1 heterocycles. The van der Waals surface area contributed by atoms with Crippen molar-refractivity contribution in [1.82, 2.24) is 5.32 Å². The molecule has 1 fully saturated rings. The van der Waals surface area contributed by atoms with Gasteiger partial charge in [-0.2, -0.15) is 0 Å². The fourth-order valence-corrected chi connectivity index (χ4v) is 2.83. The molecular weight excluding hydrogens is 294 g/mol. The Bertz CT molecular complexity index is 570. The smallest absolute Gasteiger partial charge is 0.263 e. The minimum atomic E-state index is -0.151. The summed E-state index contributed by atoms with van der Waals surface area (Å²) >= 11 is 6.23. The Balaban J connectivity index is 2.26. The Labute approximate surface area is 127 Å². The van der Waals surface area contributed by atoms with E-state index in [1.54, 1.807) is 7.11 Å². The van der Waals surface area contributed by atoms with Crippen LogP contribution in [0, 0.1) is 0 Å². The van der Waals surface area contributed by atoms with Crippen LogP contribution in [0.1, 0.15) is 18.1 Å². The molecular formula is C14H15NO3S2. The zero-order valence-electron chi connectivity index (χ0n) is 11.3. The van der Waals surface area contributed by atoms with E-state index in [0.29, 0.717) is 22.4 Å². The number of ether oxygens (including phenoxy) is 2. The van der Waals surface area contributed by atoms with Crippen LogP contribution in [0.25, 0.3) is 6.08 Å². The highest BCUT2D eigenvalue weighted by Gasteiger charge is 2.22. The minimum Gasteiger partial charge on any atom is -0.496 e. The first-order valence-corrected chi connectivity index (χ1v) is 7.36. The summed E-state index contributed by atoms with van der Waals surface area (Å²) in [5.41, 5.74) is 1.87. The van der Waals surface area contributed by atoms with Crippen molar-refractivity contribution in [2.24, 2.45) is 0 Å². The third-order valence-corrected chi connectivity index (χ3v) is 3.87. The van der Waals surface area contributed by atoms with Crippen molar-refractivity contribution in [3.05, 3.63) is 34.2 Å². The van der Waals surface area contributed by atoms with Gasteiger partial charge in [0.05, 0.1) is 18.6 Å². The highest BCUT2D eigenvalue weighted by Crippen LogP contribution is 2.28. The lowest BCUT2D eigenvalue weighted by Gasteiger charge is -2.09. The predicted molar refractivity (Wildman–Crippen MR) is 84.6 cm³/mol. The Morgan fingerprint density at radius 1 is 1.45 bits per heavy atom.